The summed E-state index contributed by atoms with van der Waals surface area (Å²) in [5.74, 6) is 0.885. The lowest BCUT2D eigenvalue weighted by Gasteiger charge is -2.10. The van der Waals surface area contributed by atoms with E-state index >= 15 is 0 Å². The van der Waals surface area contributed by atoms with Gasteiger partial charge >= 0.3 is 0 Å². The third kappa shape index (κ3) is 4.10. The number of rotatable bonds is 4. The Labute approximate surface area is 84.9 Å². The second kappa shape index (κ2) is 5.04. The van der Waals surface area contributed by atoms with Crippen molar-refractivity contribution in [3.8, 4) is 5.75 Å². The molecule has 0 fully saturated rings. The van der Waals surface area contributed by atoms with Gasteiger partial charge in [0.15, 0.2) is 0 Å². The van der Waals surface area contributed by atoms with E-state index in [4.69, 9.17) is 17.4 Å². The van der Waals surface area contributed by atoms with Crippen molar-refractivity contribution in [2.75, 3.05) is 27.2 Å². The molecule has 1 aromatic carbocycles. The highest BCUT2D eigenvalue weighted by Crippen LogP contribution is 2.13. The Morgan fingerprint density at radius 1 is 1.23 bits per heavy atom. The van der Waals surface area contributed by atoms with E-state index in [1.807, 2.05) is 38.4 Å². The van der Waals surface area contributed by atoms with Crippen LogP contribution in [0.3, 0.4) is 0 Å². The molecule has 0 aliphatic carbocycles. The number of nitrogens with zero attached hydrogens (tertiary/aromatic N) is 1. The minimum Gasteiger partial charge on any atom is -0.492 e. The molecule has 1 radical (unpaired) electrons. The largest absolute Gasteiger partial charge is 0.492 e. The SMILES string of the molecule is CN(C)CCOc1ccc([S])cc1. The van der Waals surface area contributed by atoms with Crippen molar-refractivity contribution < 1.29 is 4.74 Å². The van der Waals surface area contributed by atoms with Crippen LogP contribution in [0.25, 0.3) is 0 Å². The summed E-state index contributed by atoms with van der Waals surface area (Å²) in [6.07, 6.45) is 0. The second-order valence-electron chi connectivity index (χ2n) is 3.12. The molecule has 0 unspecified atom stereocenters. The molecule has 0 aromatic heterocycles. The molecule has 0 saturated heterocycles. The Morgan fingerprint density at radius 3 is 2.38 bits per heavy atom. The van der Waals surface area contributed by atoms with E-state index in [9.17, 15) is 0 Å². The molecular formula is C10H14NOS. The molecule has 0 spiro atoms. The van der Waals surface area contributed by atoms with E-state index in [2.05, 4.69) is 4.90 Å². The molecule has 0 aliphatic heterocycles. The Hall–Kier alpha value is -0.800. The van der Waals surface area contributed by atoms with Crippen molar-refractivity contribution >= 4 is 12.6 Å². The molecule has 1 rings (SSSR count). The van der Waals surface area contributed by atoms with E-state index in [0.29, 0.717) is 6.61 Å². The van der Waals surface area contributed by atoms with Crippen LogP contribution in [0.2, 0.25) is 0 Å². The molecule has 0 saturated carbocycles. The Balaban J connectivity index is 2.33. The zero-order valence-corrected chi connectivity index (χ0v) is 8.80. The fourth-order valence-electron chi connectivity index (χ4n) is 0.882. The van der Waals surface area contributed by atoms with Crippen molar-refractivity contribution in [1.82, 2.24) is 4.90 Å². The molecule has 0 atom stereocenters. The fraction of sp³-hybridized carbons (Fsp3) is 0.400. The van der Waals surface area contributed by atoms with Gasteiger partial charge in [-0.1, -0.05) is 12.6 Å². The van der Waals surface area contributed by atoms with Gasteiger partial charge in [0.2, 0.25) is 0 Å². The lowest BCUT2D eigenvalue weighted by molar-refractivity contribution is 0.261. The first kappa shape index (κ1) is 10.3. The highest BCUT2D eigenvalue weighted by molar-refractivity contribution is 7.80. The van der Waals surface area contributed by atoms with Gasteiger partial charge in [-0.05, 0) is 38.4 Å². The smallest absolute Gasteiger partial charge is 0.119 e. The highest BCUT2D eigenvalue weighted by atomic mass is 32.1. The van der Waals surface area contributed by atoms with Crippen LogP contribution in [0.4, 0.5) is 0 Å². The van der Waals surface area contributed by atoms with E-state index in [1.54, 1.807) is 0 Å². The van der Waals surface area contributed by atoms with Gasteiger partial charge in [-0.15, -0.1) is 0 Å². The molecule has 71 valence electrons. The Bertz CT molecular complexity index is 246. The molecule has 0 aliphatic rings. The monoisotopic (exact) mass is 196 g/mol. The molecule has 3 heteroatoms. The lowest BCUT2D eigenvalue weighted by atomic mass is 10.3. The maximum atomic E-state index is 5.48. The fourth-order valence-corrected chi connectivity index (χ4v) is 1.02. The van der Waals surface area contributed by atoms with Crippen LogP contribution in [-0.4, -0.2) is 32.1 Å². The van der Waals surface area contributed by atoms with Gasteiger partial charge in [0, 0.05) is 11.4 Å². The zero-order valence-electron chi connectivity index (χ0n) is 7.99. The van der Waals surface area contributed by atoms with Gasteiger partial charge in [-0.2, -0.15) is 0 Å². The quantitative estimate of drug-likeness (QED) is 0.732. The molecule has 0 bridgehead atoms. The van der Waals surface area contributed by atoms with Gasteiger partial charge in [0.05, 0.1) is 0 Å². The molecule has 1 aromatic rings. The number of benzene rings is 1. The van der Waals surface area contributed by atoms with E-state index in [0.717, 1.165) is 17.2 Å². The molecule has 13 heavy (non-hydrogen) atoms. The summed E-state index contributed by atoms with van der Waals surface area (Å²) < 4.78 is 5.48. The van der Waals surface area contributed by atoms with Crippen LogP contribution in [0.5, 0.6) is 5.75 Å². The summed E-state index contributed by atoms with van der Waals surface area (Å²) in [5.41, 5.74) is 0. The third-order valence-electron chi connectivity index (χ3n) is 1.63. The normalized spacial score (nSPS) is 10.4. The van der Waals surface area contributed by atoms with Crippen molar-refractivity contribution in [2.45, 2.75) is 4.90 Å². The second-order valence-corrected chi connectivity index (χ2v) is 3.59. The summed E-state index contributed by atoms with van der Waals surface area (Å²) in [5, 5.41) is 0. The van der Waals surface area contributed by atoms with E-state index < -0.39 is 0 Å². The average Bonchev–Trinajstić information content (AvgIpc) is 2.08. The minimum atomic E-state index is 0.712. The van der Waals surface area contributed by atoms with Crippen LogP contribution in [0, 0.1) is 0 Å². The maximum absolute atomic E-state index is 5.48. The first-order valence-corrected chi connectivity index (χ1v) is 4.64. The van der Waals surface area contributed by atoms with Crippen molar-refractivity contribution in [3.05, 3.63) is 24.3 Å². The maximum Gasteiger partial charge on any atom is 0.119 e. The molecule has 0 heterocycles. The third-order valence-corrected chi connectivity index (χ3v) is 1.90. The van der Waals surface area contributed by atoms with Crippen LogP contribution >= 0.6 is 12.6 Å². The zero-order chi connectivity index (χ0) is 9.68. The van der Waals surface area contributed by atoms with Crippen LogP contribution in [0.15, 0.2) is 29.2 Å². The molecular weight excluding hydrogens is 182 g/mol. The molecule has 2 nitrogen and oxygen atoms in total. The van der Waals surface area contributed by atoms with Gasteiger partial charge in [0.1, 0.15) is 12.4 Å². The number of likely N-dealkylation sites (N-methyl/N-ethyl adjacent to an activating group) is 1. The summed E-state index contributed by atoms with van der Waals surface area (Å²) in [6, 6.07) is 7.55. The van der Waals surface area contributed by atoms with Crippen LogP contribution in [0.1, 0.15) is 0 Å². The van der Waals surface area contributed by atoms with Crippen molar-refractivity contribution in [3.63, 3.8) is 0 Å². The van der Waals surface area contributed by atoms with Crippen molar-refractivity contribution in [1.29, 1.82) is 0 Å². The van der Waals surface area contributed by atoms with E-state index in [-0.39, 0.29) is 0 Å². The Morgan fingerprint density at radius 2 is 1.85 bits per heavy atom. The summed E-state index contributed by atoms with van der Waals surface area (Å²) in [6.45, 7) is 1.64. The number of hydrogen-bond acceptors (Lipinski definition) is 2. The average molecular weight is 196 g/mol. The topological polar surface area (TPSA) is 12.5 Å². The first-order chi connectivity index (χ1) is 6.18. The predicted molar refractivity (Wildman–Crippen MR) is 56.3 cm³/mol. The standard InChI is InChI=1S/C10H14NOS/c1-11(2)7-8-12-9-3-5-10(13)6-4-9/h3-6H,7-8H2,1-2H3. The minimum absolute atomic E-state index is 0.712. The van der Waals surface area contributed by atoms with Gasteiger partial charge in [-0.3, -0.25) is 0 Å². The number of hydrogen-bond donors (Lipinski definition) is 0. The van der Waals surface area contributed by atoms with E-state index in [1.165, 1.54) is 0 Å². The summed E-state index contributed by atoms with van der Waals surface area (Å²) >= 11 is 4.96. The van der Waals surface area contributed by atoms with Crippen molar-refractivity contribution in [2.24, 2.45) is 0 Å². The predicted octanol–water partition coefficient (Wildman–Crippen LogP) is 2.18. The van der Waals surface area contributed by atoms with Crippen LogP contribution < -0.4 is 4.74 Å². The summed E-state index contributed by atoms with van der Waals surface area (Å²) in [4.78, 5) is 2.93. The Kier molecular flexibility index (Phi) is 3.99. The summed E-state index contributed by atoms with van der Waals surface area (Å²) in [7, 11) is 4.05. The van der Waals surface area contributed by atoms with Gasteiger partial charge in [0.25, 0.3) is 0 Å². The number of ether oxygens (including phenoxy) is 1. The van der Waals surface area contributed by atoms with Crippen LogP contribution in [-0.2, 0) is 0 Å². The highest BCUT2D eigenvalue weighted by Gasteiger charge is 1.94. The van der Waals surface area contributed by atoms with Gasteiger partial charge in [-0.25, -0.2) is 0 Å². The van der Waals surface area contributed by atoms with Gasteiger partial charge < -0.3 is 9.64 Å². The molecule has 0 amide bonds. The first-order valence-electron chi connectivity index (χ1n) is 4.23. The molecule has 0 N–H and O–H groups in total. The lowest BCUT2D eigenvalue weighted by Crippen LogP contribution is -2.19.